The number of carboxylic acids is 1. The number of para-hydroxylation sites is 1. The summed E-state index contributed by atoms with van der Waals surface area (Å²) in [6.45, 7) is 2.44. The Labute approximate surface area is 197 Å². The SMILES string of the molecule is O=C(O)[C@H]1CC=CC[C@H]1C(=O)Nc1ccccc1C(=O)N1CCN(c2cccc(Cl)c2)CC1. The molecule has 0 bridgehead atoms. The molecule has 0 saturated carbocycles. The van der Waals surface area contributed by atoms with Gasteiger partial charge in [-0.15, -0.1) is 0 Å². The fourth-order valence-corrected chi connectivity index (χ4v) is 4.58. The summed E-state index contributed by atoms with van der Waals surface area (Å²) in [5, 5.41) is 13.0. The van der Waals surface area contributed by atoms with Gasteiger partial charge in [-0.3, -0.25) is 14.4 Å². The first-order valence-electron chi connectivity index (χ1n) is 11.0. The molecule has 0 unspecified atom stereocenters. The van der Waals surface area contributed by atoms with Gasteiger partial charge in [0.2, 0.25) is 5.91 Å². The molecule has 1 fully saturated rings. The highest BCUT2D eigenvalue weighted by molar-refractivity contribution is 6.30. The van der Waals surface area contributed by atoms with E-state index in [4.69, 9.17) is 11.6 Å². The fraction of sp³-hybridized carbons (Fsp3) is 0.320. The van der Waals surface area contributed by atoms with Crippen LogP contribution in [0.15, 0.2) is 60.7 Å². The van der Waals surface area contributed by atoms with Crippen molar-refractivity contribution in [2.75, 3.05) is 36.4 Å². The van der Waals surface area contributed by atoms with Gasteiger partial charge in [0.05, 0.1) is 23.1 Å². The molecule has 0 radical (unpaired) electrons. The first-order chi connectivity index (χ1) is 15.9. The lowest BCUT2D eigenvalue weighted by atomic mass is 9.82. The highest BCUT2D eigenvalue weighted by Crippen LogP contribution is 2.28. The van der Waals surface area contributed by atoms with Gasteiger partial charge in [0.15, 0.2) is 0 Å². The number of anilines is 2. The molecule has 0 spiro atoms. The second kappa shape index (κ2) is 10.1. The lowest BCUT2D eigenvalue weighted by Gasteiger charge is -2.36. The van der Waals surface area contributed by atoms with Gasteiger partial charge < -0.3 is 20.2 Å². The maximum absolute atomic E-state index is 13.3. The maximum atomic E-state index is 13.3. The Morgan fingerprint density at radius 2 is 1.61 bits per heavy atom. The molecular weight excluding hydrogens is 442 g/mol. The number of halogens is 1. The number of amides is 2. The number of benzene rings is 2. The normalized spacial score (nSPS) is 20.4. The summed E-state index contributed by atoms with van der Waals surface area (Å²) in [5.74, 6) is -2.96. The van der Waals surface area contributed by atoms with Gasteiger partial charge in [-0.2, -0.15) is 0 Å². The number of carboxylic acid groups (broad SMARTS) is 1. The van der Waals surface area contributed by atoms with Crippen LogP contribution in [0, 0.1) is 11.8 Å². The second-order valence-electron chi connectivity index (χ2n) is 8.29. The van der Waals surface area contributed by atoms with Gasteiger partial charge in [0.25, 0.3) is 5.91 Å². The van der Waals surface area contributed by atoms with E-state index in [9.17, 15) is 19.5 Å². The van der Waals surface area contributed by atoms with E-state index >= 15 is 0 Å². The molecule has 7 nitrogen and oxygen atoms in total. The third kappa shape index (κ3) is 5.20. The topological polar surface area (TPSA) is 89.9 Å². The Morgan fingerprint density at radius 1 is 0.909 bits per heavy atom. The van der Waals surface area contributed by atoms with E-state index < -0.39 is 17.8 Å². The van der Waals surface area contributed by atoms with Gasteiger partial charge in [0.1, 0.15) is 0 Å². The molecule has 2 atom stereocenters. The van der Waals surface area contributed by atoms with Crippen molar-refractivity contribution < 1.29 is 19.5 Å². The lowest BCUT2D eigenvalue weighted by molar-refractivity contribution is -0.146. The molecule has 2 aromatic carbocycles. The van der Waals surface area contributed by atoms with E-state index in [1.165, 1.54) is 0 Å². The molecule has 2 aliphatic rings. The molecule has 172 valence electrons. The zero-order valence-corrected chi connectivity index (χ0v) is 18.9. The van der Waals surface area contributed by atoms with Crippen LogP contribution in [0.25, 0.3) is 0 Å². The predicted octanol–water partition coefficient (Wildman–Crippen LogP) is 3.91. The Hall–Kier alpha value is -3.32. The molecule has 2 N–H and O–H groups in total. The van der Waals surface area contributed by atoms with E-state index in [0.29, 0.717) is 55.3 Å². The third-order valence-electron chi connectivity index (χ3n) is 6.24. The monoisotopic (exact) mass is 467 g/mol. The van der Waals surface area contributed by atoms with Gasteiger partial charge in [-0.25, -0.2) is 0 Å². The van der Waals surface area contributed by atoms with Crippen LogP contribution in [0.2, 0.25) is 5.02 Å². The smallest absolute Gasteiger partial charge is 0.307 e. The summed E-state index contributed by atoms with van der Waals surface area (Å²) in [4.78, 5) is 41.7. The molecule has 2 aromatic rings. The zero-order chi connectivity index (χ0) is 23.4. The van der Waals surface area contributed by atoms with Crippen LogP contribution in [0.5, 0.6) is 0 Å². The van der Waals surface area contributed by atoms with Crippen LogP contribution in [0.4, 0.5) is 11.4 Å². The summed E-state index contributed by atoms with van der Waals surface area (Å²) < 4.78 is 0. The fourth-order valence-electron chi connectivity index (χ4n) is 4.39. The largest absolute Gasteiger partial charge is 0.481 e. The number of aliphatic carboxylic acids is 1. The number of allylic oxidation sites excluding steroid dienone is 2. The zero-order valence-electron chi connectivity index (χ0n) is 18.1. The predicted molar refractivity (Wildman–Crippen MR) is 128 cm³/mol. The molecule has 33 heavy (non-hydrogen) atoms. The van der Waals surface area contributed by atoms with E-state index in [2.05, 4.69) is 10.2 Å². The highest BCUT2D eigenvalue weighted by Gasteiger charge is 2.34. The van der Waals surface area contributed by atoms with Crippen molar-refractivity contribution in [1.82, 2.24) is 4.90 Å². The third-order valence-corrected chi connectivity index (χ3v) is 6.48. The number of rotatable bonds is 5. The average molecular weight is 468 g/mol. The minimum absolute atomic E-state index is 0.157. The lowest BCUT2D eigenvalue weighted by Crippen LogP contribution is -2.49. The molecule has 2 amide bonds. The number of nitrogens with zero attached hydrogens (tertiary/aromatic N) is 2. The van der Waals surface area contributed by atoms with Crippen LogP contribution in [0.1, 0.15) is 23.2 Å². The molecule has 4 rings (SSSR count). The van der Waals surface area contributed by atoms with E-state index in [1.807, 2.05) is 30.3 Å². The van der Waals surface area contributed by atoms with Gasteiger partial charge >= 0.3 is 5.97 Å². The van der Waals surface area contributed by atoms with E-state index in [-0.39, 0.29) is 11.8 Å². The Bertz CT molecular complexity index is 1080. The standard InChI is InChI=1S/C25H26ClN3O4/c26-17-6-5-7-18(16-17)28-12-14-29(15-13-28)24(31)21-10-3-4-11-22(21)27-23(30)19-8-1-2-9-20(19)25(32)33/h1-7,10-11,16,19-20H,8-9,12-15H2,(H,27,30)(H,32,33)/t19-,20+/m1/s1. The van der Waals surface area contributed by atoms with Crippen molar-refractivity contribution in [2.24, 2.45) is 11.8 Å². The molecule has 1 aliphatic carbocycles. The second-order valence-corrected chi connectivity index (χ2v) is 8.72. The Balaban J connectivity index is 1.44. The van der Waals surface area contributed by atoms with Crippen molar-refractivity contribution in [3.63, 3.8) is 0 Å². The molecule has 1 saturated heterocycles. The van der Waals surface area contributed by atoms with Crippen molar-refractivity contribution in [2.45, 2.75) is 12.8 Å². The number of nitrogens with one attached hydrogen (secondary N) is 1. The summed E-state index contributed by atoms with van der Waals surface area (Å²) in [6.07, 6.45) is 4.32. The Morgan fingerprint density at radius 3 is 2.30 bits per heavy atom. The first kappa shape index (κ1) is 22.9. The number of piperazine rings is 1. The number of hydrogen-bond donors (Lipinski definition) is 2. The summed E-state index contributed by atoms with van der Waals surface area (Å²) in [6, 6.07) is 14.5. The highest BCUT2D eigenvalue weighted by atomic mass is 35.5. The quantitative estimate of drug-likeness (QED) is 0.651. The van der Waals surface area contributed by atoms with Crippen LogP contribution in [-0.4, -0.2) is 54.0 Å². The average Bonchev–Trinajstić information content (AvgIpc) is 2.84. The van der Waals surface area contributed by atoms with Gasteiger partial charge in [-0.1, -0.05) is 42.0 Å². The summed E-state index contributed by atoms with van der Waals surface area (Å²) >= 11 is 6.10. The van der Waals surface area contributed by atoms with E-state index in [1.54, 1.807) is 35.2 Å². The van der Waals surface area contributed by atoms with Crippen molar-refractivity contribution >= 4 is 40.8 Å². The summed E-state index contributed by atoms with van der Waals surface area (Å²) in [7, 11) is 0. The Kier molecular flexibility index (Phi) is 6.99. The van der Waals surface area contributed by atoms with Crippen LogP contribution >= 0.6 is 11.6 Å². The van der Waals surface area contributed by atoms with Crippen molar-refractivity contribution in [3.8, 4) is 0 Å². The van der Waals surface area contributed by atoms with Gasteiger partial charge in [0, 0.05) is 36.9 Å². The molecule has 0 aromatic heterocycles. The number of carbonyl (C=O) groups excluding carboxylic acids is 2. The van der Waals surface area contributed by atoms with Crippen molar-refractivity contribution in [1.29, 1.82) is 0 Å². The molecule has 1 heterocycles. The van der Waals surface area contributed by atoms with Crippen molar-refractivity contribution in [3.05, 3.63) is 71.3 Å². The van der Waals surface area contributed by atoms with Crippen LogP contribution in [0.3, 0.4) is 0 Å². The number of carbonyl (C=O) groups is 3. The van der Waals surface area contributed by atoms with E-state index in [0.717, 1.165) is 5.69 Å². The molecule has 1 aliphatic heterocycles. The van der Waals surface area contributed by atoms with Gasteiger partial charge in [-0.05, 0) is 43.2 Å². The first-order valence-corrected chi connectivity index (χ1v) is 11.4. The minimum atomic E-state index is -0.985. The van der Waals surface area contributed by atoms with Crippen LogP contribution in [-0.2, 0) is 9.59 Å². The number of hydrogen-bond acceptors (Lipinski definition) is 4. The molecule has 8 heteroatoms. The maximum Gasteiger partial charge on any atom is 0.307 e. The van der Waals surface area contributed by atoms with Crippen LogP contribution < -0.4 is 10.2 Å². The summed E-state index contributed by atoms with van der Waals surface area (Å²) in [5.41, 5.74) is 1.83. The minimum Gasteiger partial charge on any atom is -0.481 e. The molecular formula is C25H26ClN3O4.